The molecule has 4 N–H and O–H groups in total. The number of hydrogen-bond acceptors (Lipinski definition) is 4. The maximum atomic E-state index is 11.7. The van der Waals surface area contributed by atoms with Crippen LogP contribution in [0.4, 0.5) is 16.2 Å². The predicted molar refractivity (Wildman–Crippen MR) is 71.6 cm³/mol. The Morgan fingerprint density at radius 3 is 2.58 bits per heavy atom. The number of urea groups is 1. The van der Waals surface area contributed by atoms with Crippen LogP contribution in [0.15, 0.2) is 12.1 Å². The Balaban J connectivity index is 1.76. The van der Waals surface area contributed by atoms with Crippen molar-refractivity contribution in [1.82, 2.24) is 5.32 Å². The van der Waals surface area contributed by atoms with Gasteiger partial charge in [-0.05, 0) is 12.8 Å². The number of amides is 2. The second-order valence-electron chi connectivity index (χ2n) is 4.81. The molecule has 0 bridgehead atoms. The van der Waals surface area contributed by atoms with E-state index in [9.17, 15) is 4.79 Å². The van der Waals surface area contributed by atoms with E-state index < -0.39 is 0 Å². The summed E-state index contributed by atoms with van der Waals surface area (Å²) in [5.41, 5.74) is 6.92. The predicted octanol–water partition coefficient (Wildman–Crippen LogP) is 1.71. The lowest BCUT2D eigenvalue weighted by atomic mass is 10.2. The summed E-state index contributed by atoms with van der Waals surface area (Å²) in [6.07, 6.45) is 2.92. The Morgan fingerprint density at radius 1 is 1.21 bits per heavy atom. The molecule has 2 aliphatic rings. The van der Waals surface area contributed by atoms with Crippen molar-refractivity contribution in [1.29, 1.82) is 0 Å². The number of nitrogens with two attached hydrogens (primary N) is 1. The molecule has 1 fully saturated rings. The SMILES string of the molecule is Nc1cc2c(cc1NC(=O)NC1CC1)OCCCO2. The number of nitrogens with one attached hydrogen (secondary N) is 2. The maximum absolute atomic E-state index is 11.7. The van der Waals surface area contributed by atoms with Crippen molar-refractivity contribution in [3.05, 3.63) is 12.1 Å². The number of ether oxygens (including phenoxy) is 2. The van der Waals surface area contributed by atoms with Gasteiger partial charge >= 0.3 is 6.03 Å². The second-order valence-corrected chi connectivity index (χ2v) is 4.81. The van der Waals surface area contributed by atoms with Crippen LogP contribution in [-0.4, -0.2) is 25.3 Å². The summed E-state index contributed by atoms with van der Waals surface area (Å²) >= 11 is 0. The monoisotopic (exact) mass is 263 g/mol. The van der Waals surface area contributed by atoms with Crippen molar-refractivity contribution in [2.45, 2.75) is 25.3 Å². The standard InChI is InChI=1S/C13H17N3O3/c14-9-6-11-12(19-5-1-4-18-11)7-10(9)16-13(17)15-8-2-3-8/h6-8H,1-5,14H2,(H2,15,16,17). The van der Waals surface area contributed by atoms with Crippen LogP contribution in [0.1, 0.15) is 19.3 Å². The molecule has 102 valence electrons. The summed E-state index contributed by atoms with van der Waals surface area (Å²) in [5.74, 6) is 1.25. The molecule has 0 spiro atoms. The molecular weight excluding hydrogens is 246 g/mol. The van der Waals surface area contributed by atoms with Gasteiger partial charge in [0.25, 0.3) is 0 Å². The molecule has 1 aromatic rings. The molecule has 6 heteroatoms. The lowest BCUT2D eigenvalue weighted by Crippen LogP contribution is -2.30. The molecular formula is C13H17N3O3. The lowest BCUT2D eigenvalue weighted by Gasteiger charge is -2.13. The van der Waals surface area contributed by atoms with E-state index in [4.69, 9.17) is 15.2 Å². The number of benzene rings is 1. The number of rotatable bonds is 2. The van der Waals surface area contributed by atoms with Gasteiger partial charge in [-0.1, -0.05) is 0 Å². The van der Waals surface area contributed by atoms with Crippen LogP contribution in [0.25, 0.3) is 0 Å². The van der Waals surface area contributed by atoms with Crippen LogP contribution >= 0.6 is 0 Å². The Labute approximate surface area is 111 Å². The van der Waals surface area contributed by atoms with E-state index in [2.05, 4.69) is 10.6 Å². The molecule has 1 aliphatic heterocycles. The summed E-state index contributed by atoms with van der Waals surface area (Å²) in [6, 6.07) is 3.47. The van der Waals surface area contributed by atoms with Crippen LogP contribution < -0.4 is 25.8 Å². The van der Waals surface area contributed by atoms with Crippen LogP contribution in [0.3, 0.4) is 0 Å². The van der Waals surface area contributed by atoms with Gasteiger partial charge in [-0.3, -0.25) is 0 Å². The molecule has 0 unspecified atom stereocenters. The largest absolute Gasteiger partial charge is 0.489 e. The van der Waals surface area contributed by atoms with E-state index in [1.54, 1.807) is 12.1 Å². The number of anilines is 2. The van der Waals surface area contributed by atoms with Gasteiger partial charge in [-0.15, -0.1) is 0 Å². The zero-order chi connectivity index (χ0) is 13.2. The third-order valence-electron chi connectivity index (χ3n) is 3.08. The highest BCUT2D eigenvalue weighted by Gasteiger charge is 2.23. The molecule has 6 nitrogen and oxygen atoms in total. The molecule has 1 saturated carbocycles. The Kier molecular flexibility index (Phi) is 3.06. The first-order valence-electron chi connectivity index (χ1n) is 6.49. The van der Waals surface area contributed by atoms with Gasteiger partial charge in [0.05, 0.1) is 24.6 Å². The van der Waals surface area contributed by atoms with E-state index in [0.29, 0.717) is 42.1 Å². The van der Waals surface area contributed by atoms with E-state index >= 15 is 0 Å². The third kappa shape index (κ3) is 2.83. The first-order valence-corrected chi connectivity index (χ1v) is 6.49. The van der Waals surface area contributed by atoms with Crippen LogP contribution in [0.2, 0.25) is 0 Å². The van der Waals surface area contributed by atoms with Crippen LogP contribution in [0, 0.1) is 0 Å². The molecule has 1 aromatic carbocycles. The van der Waals surface area contributed by atoms with E-state index in [0.717, 1.165) is 19.3 Å². The molecule has 3 rings (SSSR count). The summed E-state index contributed by atoms with van der Waals surface area (Å²) in [6.45, 7) is 1.21. The van der Waals surface area contributed by atoms with Crippen molar-refractivity contribution in [3.63, 3.8) is 0 Å². The summed E-state index contributed by atoms with van der Waals surface area (Å²) < 4.78 is 11.1. The minimum absolute atomic E-state index is 0.233. The van der Waals surface area contributed by atoms with Gasteiger partial charge in [-0.25, -0.2) is 4.79 Å². The second kappa shape index (κ2) is 4.87. The number of carbonyl (C=O) groups excluding carboxylic acids is 1. The quantitative estimate of drug-likeness (QED) is 0.709. The third-order valence-corrected chi connectivity index (χ3v) is 3.08. The van der Waals surface area contributed by atoms with Gasteiger partial charge in [0.2, 0.25) is 0 Å². The van der Waals surface area contributed by atoms with E-state index in [1.165, 1.54) is 0 Å². The minimum atomic E-state index is -0.233. The van der Waals surface area contributed by atoms with Gasteiger partial charge in [0, 0.05) is 24.6 Å². The van der Waals surface area contributed by atoms with Crippen molar-refractivity contribution in [2.75, 3.05) is 24.3 Å². The number of carbonyl (C=O) groups is 1. The van der Waals surface area contributed by atoms with Crippen molar-refractivity contribution >= 4 is 17.4 Å². The highest BCUT2D eigenvalue weighted by Crippen LogP contribution is 2.36. The Morgan fingerprint density at radius 2 is 1.89 bits per heavy atom. The molecule has 0 saturated heterocycles. The van der Waals surface area contributed by atoms with Gasteiger partial charge < -0.3 is 25.8 Å². The number of fused-ring (bicyclic) bond motifs is 1. The van der Waals surface area contributed by atoms with Crippen molar-refractivity contribution < 1.29 is 14.3 Å². The molecule has 0 aromatic heterocycles. The average molecular weight is 263 g/mol. The topological polar surface area (TPSA) is 85.6 Å². The van der Waals surface area contributed by atoms with Crippen molar-refractivity contribution in [3.8, 4) is 11.5 Å². The average Bonchev–Trinajstić information content (AvgIpc) is 3.17. The minimum Gasteiger partial charge on any atom is -0.489 e. The van der Waals surface area contributed by atoms with E-state index in [-0.39, 0.29) is 6.03 Å². The highest BCUT2D eigenvalue weighted by atomic mass is 16.5. The maximum Gasteiger partial charge on any atom is 0.319 e. The Bertz CT molecular complexity index is 500. The fraction of sp³-hybridized carbons (Fsp3) is 0.462. The lowest BCUT2D eigenvalue weighted by molar-refractivity contribution is 0.251. The molecule has 0 atom stereocenters. The van der Waals surface area contributed by atoms with Crippen LogP contribution in [-0.2, 0) is 0 Å². The molecule has 1 aliphatic carbocycles. The highest BCUT2D eigenvalue weighted by molar-refractivity contribution is 5.93. The van der Waals surface area contributed by atoms with Gasteiger partial charge in [0.1, 0.15) is 0 Å². The summed E-state index contributed by atoms with van der Waals surface area (Å²) in [5, 5.41) is 5.59. The van der Waals surface area contributed by atoms with Gasteiger partial charge in [-0.2, -0.15) is 0 Å². The fourth-order valence-electron chi connectivity index (χ4n) is 1.90. The smallest absolute Gasteiger partial charge is 0.319 e. The number of nitrogen functional groups attached to an aromatic ring is 1. The van der Waals surface area contributed by atoms with Crippen molar-refractivity contribution in [2.24, 2.45) is 0 Å². The molecule has 2 amide bonds. The fourth-order valence-corrected chi connectivity index (χ4v) is 1.90. The van der Waals surface area contributed by atoms with E-state index in [1.807, 2.05) is 0 Å². The van der Waals surface area contributed by atoms with Gasteiger partial charge in [0.15, 0.2) is 11.5 Å². The number of hydrogen-bond donors (Lipinski definition) is 3. The summed E-state index contributed by atoms with van der Waals surface area (Å²) in [4.78, 5) is 11.7. The normalized spacial score (nSPS) is 17.5. The zero-order valence-corrected chi connectivity index (χ0v) is 10.6. The first-order chi connectivity index (χ1) is 9.22. The summed E-state index contributed by atoms with van der Waals surface area (Å²) in [7, 11) is 0. The first kappa shape index (κ1) is 12.0. The molecule has 0 radical (unpaired) electrons. The molecule has 1 heterocycles. The zero-order valence-electron chi connectivity index (χ0n) is 10.6. The molecule has 19 heavy (non-hydrogen) atoms. The Hall–Kier alpha value is -2.11. The van der Waals surface area contributed by atoms with Crippen LogP contribution in [0.5, 0.6) is 11.5 Å².